The van der Waals surface area contributed by atoms with Crippen LogP contribution < -0.4 is 5.32 Å². The van der Waals surface area contributed by atoms with Gasteiger partial charge in [-0.1, -0.05) is 36.4 Å². The molecule has 29 heavy (non-hydrogen) atoms. The van der Waals surface area contributed by atoms with Gasteiger partial charge in [0.15, 0.2) is 0 Å². The van der Waals surface area contributed by atoms with Crippen molar-refractivity contribution in [2.45, 2.75) is 20.0 Å². The molecule has 6 nitrogen and oxygen atoms in total. The molecule has 2 aromatic rings. The average molecular weight is 415 g/mol. The van der Waals surface area contributed by atoms with Gasteiger partial charge in [0.05, 0.1) is 25.4 Å². The number of thiophene rings is 1. The van der Waals surface area contributed by atoms with Gasteiger partial charge in [-0.15, -0.1) is 17.9 Å². The third kappa shape index (κ3) is 4.93. The molecule has 1 aromatic heterocycles. The highest BCUT2D eigenvalue weighted by Crippen LogP contribution is 2.40. The Morgan fingerprint density at radius 3 is 2.66 bits per heavy atom. The second-order valence-corrected chi connectivity index (χ2v) is 7.81. The molecule has 0 bridgehead atoms. The molecule has 1 saturated heterocycles. The van der Waals surface area contributed by atoms with Crippen molar-refractivity contribution < 1.29 is 19.1 Å². The molecular formula is C22H26N2O4S. The number of hydrogen-bond acceptors (Lipinski definition) is 5. The van der Waals surface area contributed by atoms with Gasteiger partial charge < -0.3 is 19.7 Å². The molecule has 2 amide bonds. The van der Waals surface area contributed by atoms with Crippen LogP contribution in [-0.2, 0) is 14.3 Å². The lowest BCUT2D eigenvalue weighted by molar-refractivity contribution is -0.125. The highest BCUT2D eigenvalue weighted by Gasteiger charge is 2.28. The zero-order valence-electron chi connectivity index (χ0n) is 16.8. The van der Waals surface area contributed by atoms with Gasteiger partial charge in [0.25, 0.3) is 11.8 Å². The predicted octanol–water partition coefficient (Wildman–Crippen LogP) is 3.73. The van der Waals surface area contributed by atoms with Crippen LogP contribution in [0, 0.1) is 6.92 Å². The number of hydrogen-bond donors (Lipinski definition) is 1. The number of rotatable bonds is 7. The lowest BCUT2D eigenvalue weighted by atomic mass is 10.1. The summed E-state index contributed by atoms with van der Waals surface area (Å²) in [5.74, 6) is -0.372. The van der Waals surface area contributed by atoms with Crippen LogP contribution in [0.3, 0.4) is 0 Å². The van der Waals surface area contributed by atoms with Gasteiger partial charge in [-0.2, -0.15) is 0 Å². The van der Waals surface area contributed by atoms with Crippen molar-refractivity contribution in [3.63, 3.8) is 0 Å². The van der Waals surface area contributed by atoms with Crippen LogP contribution in [0.4, 0.5) is 5.00 Å². The van der Waals surface area contributed by atoms with E-state index in [0.29, 0.717) is 36.9 Å². The smallest absolute Gasteiger partial charge is 0.257 e. The second-order valence-electron chi connectivity index (χ2n) is 6.78. The summed E-state index contributed by atoms with van der Waals surface area (Å²) < 4.78 is 10.8. The fraction of sp³-hybridized carbons (Fsp3) is 0.364. The Kier molecular flexibility index (Phi) is 7.19. The molecule has 1 unspecified atom stereocenters. The van der Waals surface area contributed by atoms with E-state index in [2.05, 4.69) is 11.9 Å². The summed E-state index contributed by atoms with van der Waals surface area (Å²) in [4.78, 5) is 28.7. The third-order valence-corrected chi connectivity index (χ3v) is 6.02. The molecule has 2 heterocycles. The summed E-state index contributed by atoms with van der Waals surface area (Å²) >= 11 is 1.41. The minimum absolute atomic E-state index is 0.0841. The first-order valence-electron chi connectivity index (χ1n) is 9.62. The second kappa shape index (κ2) is 9.82. The van der Waals surface area contributed by atoms with Crippen molar-refractivity contribution in [2.75, 3.05) is 38.2 Å². The van der Waals surface area contributed by atoms with Crippen molar-refractivity contribution >= 4 is 28.2 Å². The van der Waals surface area contributed by atoms with Crippen molar-refractivity contribution in [1.82, 2.24) is 4.90 Å². The molecule has 7 heteroatoms. The van der Waals surface area contributed by atoms with Crippen molar-refractivity contribution in [1.29, 1.82) is 0 Å². The summed E-state index contributed by atoms with van der Waals surface area (Å²) in [7, 11) is 0. The first-order valence-corrected chi connectivity index (χ1v) is 10.4. The Bertz CT molecular complexity index is 872. The maximum Gasteiger partial charge on any atom is 0.257 e. The monoisotopic (exact) mass is 414 g/mol. The summed E-state index contributed by atoms with van der Waals surface area (Å²) in [6, 6.07) is 9.88. The zero-order valence-corrected chi connectivity index (χ0v) is 17.6. The quantitative estimate of drug-likeness (QED) is 0.701. The van der Waals surface area contributed by atoms with Gasteiger partial charge >= 0.3 is 0 Å². The van der Waals surface area contributed by atoms with E-state index in [-0.39, 0.29) is 18.4 Å². The number of nitrogens with one attached hydrogen (secondary N) is 1. The third-order valence-electron chi connectivity index (χ3n) is 4.76. The highest BCUT2D eigenvalue weighted by molar-refractivity contribution is 7.20. The molecule has 1 atom stereocenters. The first kappa shape index (κ1) is 21.2. The molecule has 1 fully saturated rings. The Hall–Kier alpha value is -2.48. The van der Waals surface area contributed by atoms with Crippen LogP contribution in [0.15, 0.2) is 43.0 Å². The standard InChI is InChI=1S/C22H26N2O4S/c1-4-12-28-16(3)20(25)23-21-18(22(26)24-10-13-27-14-11-24)15(2)19(29-21)17-8-6-5-7-9-17/h4-9,16H,1,10-14H2,2-3H3,(H,23,25). The number of carbonyl (C=O) groups is 2. The molecule has 0 aliphatic carbocycles. The van der Waals surface area contributed by atoms with Crippen LogP contribution in [0.5, 0.6) is 0 Å². The largest absolute Gasteiger partial charge is 0.378 e. The minimum Gasteiger partial charge on any atom is -0.378 e. The molecule has 154 valence electrons. The Morgan fingerprint density at radius 1 is 1.31 bits per heavy atom. The number of anilines is 1. The molecule has 1 aliphatic rings. The molecule has 1 aliphatic heterocycles. The highest BCUT2D eigenvalue weighted by atomic mass is 32.1. The number of morpholine rings is 1. The van der Waals surface area contributed by atoms with Gasteiger partial charge in [-0.3, -0.25) is 9.59 Å². The number of nitrogens with zero attached hydrogens (tertiary/aromatic N) is 1. The fourth-order valence-corrected chi connectivity index (χ4v) is 4.36. The topological polar surface area (TPSA) is 67.9 Å². The van der Waals surface area contributed by atoms with Gasteiger partial charge in [0.2, 0.25) is 0 Å². The predicted molar refractivity (Wildman–Crippen MR) is 115 cm³/mol. The number of benzene rings is 1. The van der Waals surface area contributed by atoms with Crippen LogP contribution in [-0.4, -0.2) is 55.7 Å². The van der Waals surface area contributed by atoms with Gasteiger partial charge in [0.1, 0.15) is 11.1 Å². The number of ether oxygens (including phenoxy) is 2. The SMILES string of the molecule is C=CCOC(C)C(=O)Nc1sc(-c2ccccc2)c(C)c1C(=O)N1CCOCC1. The lowest BCUT2D eigenvalue weighted by Gasteiger charge is -2.27. The van der Waals surface area contributed by atoms with E-state index in [0.717, 1.165) is 16.0 Å². The van der Waals surface area contributed by atoms with E-state index in [1.165, 1.54) is 11.3 Å². The molecule has 1 aromatic carbocycles. The first-order chi connectivity index (χ1) is 14.0. The van der Waals surface area contributed by atoms with Crippen LogP contribution in [0.1, 0.15) is 22.8 Å². The van der Waals surface area contributed by atoms with Gasteiger partial charge in [-0.05, 0) is 25.0 Å². The van der Waals surface area contributed by atoms with E-state index in [4.69, 9.17) is 9.47 Å². The molecule has 3 rings (SSSR count). The van der Waals surface area contributed by atoms with E-state index < -0.39 is 6.10 Å². The molecule has 0 saturated carbocycles. The van der Waals surface area contributed by atoms with Crippen LogP contribution in [0.2, 0.25) is 0 Å². The summed E-state index contributed by atoms with van der Waals surface area (Å²) in [6.45, 7) is 9.63. The number of amides is 2. The minimum atomic E-state index is -0.651. The normalized spacial score (nSPS) is 15.0. The van der Waals surface area contributed by atoms with E-state index >= 15 is 0 Å². The van der Waals surface area contributed by atoms with E-state index in [1.54, 1.807) is 17.9 Å². The van der Waals surface area contributed by atoms with Crippen molar-refractivity contribution in [2.24, 2.45) is 0 Å². The van der Waals surface area contributed by atoms with Crippen molar-refractivity contribution in [3.8, 4) is 10.4 Å². The zero-order chi connectivity index (χ0) is 20.8. The van der Waals surface area contributed by atoms with Gasteiger partial charge in [0, 0.05) is 18.0 Å². The van der Waals surface area contributed by atoms with Crippen molar-refractivity contribution in [3.05, 3.63) is 54.1 Å². The Morgan fingerprint density at radius 2 is 2.00 bits per heavy atom. The molecule has 1 N–H and O–H groups in total. The Balaban J connectivity index is 1.95. The summed E-state index contributed by atoms with van der Waals surface area (Å²) in [5.41, 5.74) is 2.43. The Labute approximate surface area is 175 Å². The maximum absolute atomic E-state index is 13.3. The van der Waals surface area contributed by atoms with E-state index in [9.17, 15) is 9.59 Å². The van der Waals surface area contributed by atoms with Crippen LogP contribution >= 0.6 is 11.3 Å². The molecular weight excluding hydrogens is 388 g/mol. The summed E-state index contributed by atoms with van der Waals surface area (Å²) in [5, 5.41) is 3.46. The summed E-state index contributed by atoms with van der Waals surface area (Å²) in [6.07, 6.45) is 0.946. The lowest BCUT2D eigenvalue weighted by Crippen LogP contribution is -2.41. The molecule has 0 spiro atoms. The fourth-order valence-electron chi connectivity index (χ4n) is 3.15. The van der Waals surface area contributed by atoms with E-state index in [1.807, 2.05) is 37.3 Å². The van der Waals surface area contributed by atoms with Crippen LogP contribution in [0.25, 0.3) is 10.4 Å². The molecule has 0 radical (unpaired) electrons. The average Bonchev–Trinajstić information content (AvgIpc) is 3.08. The number of carbonyl (C=O) groups excluding carboxylic acids is 2. The maximum atomic E-state index is 13.3. The van der Waals surface area contributed by atoms with Gasteiger partial charge in [-0.25, -0.2) is 0 Å².